The Morgan fingerprint density at radius 2 is 0.500 bits per heavy atom. The summed E-state index contributed by atoms with van der Waals surface area (Å²) >= 11 is 0. The van der Waals surface area contributed by atoms with Crippen LogP contribution in [0.4, 0.5) is 0 Å². The van der Waals surface area contributed by atoms with Gasteiger partial charge in [-0.05, 0) is 174 Å². The average Bonchev–Trinajstić information content (AvgIpc) is 4.06. The molecule has 13 aliphatic rings. The summed E-state index contributed by atoms with van der Waals surface area (Å²) < 4.78 is 0. The third-order valence-corrected chi connectivity index (χ3v) is 26.1. The third kappa shape index (κ3) is 7.06. The van der Waals surface area contributed by atoms with E-state index in [9.17, 15) is 0 Å². The normalized spacial score (nSPS) is 51.1. The molecule has 0 nitrogen and oxygen atoms in total. The fourth-order valence-electron chi connectivity index (χ4n) is 25.1. The van der Waals surface area contributed by atoms with Crippen LogP contribution in [-0.4, -0.2) is 0 Å². The molecule has 0 aromatic carbocycles. The van der Waals surface area contributed by atoms with Crippen LogP contribution >= 0.6 is 0 Å². The molecular formula is C62H100. The monoisotopic (exact) mass is 845 g/mol. The van der Waals surface area contributed by atoms with E-state index >= 15 is 0 Å². The fourth-order valence-corrected chi connectivity index (χ4v) is 25.1. The van der Waals surface area contributed by atoms with Gasteiger partial charge in [0.25, 0.3) is 0 Å². The minimum atomic E-state index is 1.09. The topological polar surface area (TPSA) is 0 Å². The molecule has 0 heteroatoms. The lowest BCUT2D eigenvalue weighted by Crippen LogP contribution is -2.45. The first-order chi connectivity index (χ1) is 30.8. The quantitative estimate of drug-likeness (QED) is 0.228. The van der Waals surface area contributed by atoms with Crippen LogP contribution in [0.3, 0.4) is 0 Å². The van der Waals surface area contributed by atoms with Crippen LogP contribution in [0.1, 0.15) is 244 Å². The summed E-state index contributed by atoms with van der Waals surface area (Å²) in [5.41, 5.74) is 0. The van der Waals surface area contributed by atoms with Crippen molar-refractivity contribution in [2.75, 3.05) is 0 Å². The zero-order valence-electron chi connectivity index (χ0n) is 40.7. The van der Waals surface area contributed by atoms with Crippen molar-refractivity contribution in [3.63, 3.8) is 0 Å². The summed E-state index contributed by atoms with van der Waals surface area (Å²) in [5, 5.41) is 0. The highest BCUT2D eigenvalue weighted by Gasteiger charge is 2.70. The first-order valence-corrected chi connectivity index (χ1v) is 30.8. The van der Waals surface area contributed by atoms with Gasteiger partial charge in [0, 0.05) is 0 Å². The lowest BCUT2D eigenvalue weighted by atomic mass is 9.53. The van der Waals surface area contributed by atoms with Gasteiger partial charge in [-0.25, -0.2) is 0 Å². The molecule has 13 aliphatic carbocycles. The molecule has 13 atom stereocenters. The molecule has 0 aromatic heterocycles. The van der Waals surface area contributed by atoms with Gasteiger partial charge in [0.2, 0.25) is 0 Å². The van der Waals surface area contributed by atoms with E-state index in [1.807, 2.05) is 0 Å². The zero-order valence-corrected chi connectivity index (χ0v) is 40.7. The van der Waals surface area contributed by atoms with Crippen LogP contribution in [-0.2, 0) is 0 Å². The highest BCUT2D eigenvalue weighted by Crippen LogP contribution is 2.76. The molecule has 0 saturated heterocycles. The minimum Gasteiger partial charge on any atom is -0.0533 e. The predicted molar refractivity (Wildman–Crippen MR) is 259 cm³/mol. The second kappa shape index (κ2) is 18.1. The van der Waals surface area contributed by atoms with Gasteiger partial charge >= 0.3 is 0 Å². The van der Waals surface area contributed by atoms with E-state index in [-0.39, 0.29) is 0 Å². The molecule has 0 aliphatic heterocycles. The van der Waals surface area contributed by atoms with Gasteiger partial charge in [-0.3, -0.25) is 0 Å². The summed E-state index contributed by atoms with van der Waals surface area (Å²) in [5.74, 6) is 27.3. The maximum atomic E-state index is 1.78. The molecule has 13 unspecified atom stereocenters. The van der Waals surface area contributed by atoms with Gasteiger partial charge < -0.3 is 0 Å². The first kappa shape index (κ1) is 42.1. The maximum Gasteiger partial charge on any atom is -0.0315 e. The molecule has 13 saturated carbocycles. The van der Waals surface area contributed by atoms with Gasteiger partial charge in [-0.15, -0.1) is 0 Å². The second-order valence-corrected chi connectivity index (χ2v) is 27.8. The second-order valence-electron chi connectivity index (χ2n) is 27.8. The Labute approximate surface area is 384 Å². The molecule has 0 aromatic rings. The SMILES string of the molecule is C1CCC(C(CC2C(C3CCCCC3)C3C4CCCC5CCCC(C54)C3C2C2CCCCC2)C2C(C3CCCCC3)C3C4CCCC5CCCC(C54)C3C2C2CCCCC2)CC1. The largest absolute Gasteiger partial charge is 0.0533 e. The van der Waals surface area contributed by atoms with Crippen LogP contribution in [0, 0.1) is 142 Å². The predicted octanol–water partition coefficient (Wildman–Crippen LogP) is 17.8. The van der Waals surface area contributed by atoms with E-state index in [0.717, 1.165) is 130 Å². The van der Waals surface area contributed by atoms with Crippen molar-refractivity contribution in [2.45, 2.75) is 244 Å². The molecule has 13 fully saturated rings. The van der Waals surface area contributed by atoms with E-state index in [4.69, 9.17) is 0 Å². The molecule has 62 heavy (non-hydrogen) atoms. The summed E-state index contributed by atoms with van der Waals surface area (Å²) in [6.07, 6.45) is 61.7. The Bertz CT molecular complexity index is 1370. The Balaban J connectivity index is 0.958. The standard InChI is InChI=1S/C62H100/c1-6-20-39(21-7-1)50(62-56(44-26-12-4-13-27-44)60-48-36-18-32-41-33-19-37-49(53(41)48)61(60)57(62)45-28-14-5-15-29-45)38-51-54(42-22-8-2-9-23-42)58-46-34-16-30-40-31-17-35-47(52(40)46)59(58)55(51)43-24-10-3-11-25-43/h39-62H,1-38H2. The lowest BCUT2D eigenvalue weighted by molar-refractivity contribution is -0.0313. The van der Waals surface area contributed by atoms with Crippen molar-refractivity contribution < 1.29 is 0 Å². The molecule has 348 valence electrons. The van der Waals surface area contributed by atoms with E-state index < -0.39 is 0 Å². The fraction of sp³-hybridized carbons (Fsp3) is 1.00. The highest BCUT2D eigenvalue weighted by atomic mass is 14.7. The van der Waals surface area contributed by atoms with E-state index in [1.54, 1.807) is 244 Å². The smallest absolute Gasteiger partial charge is 0.0315 e. The number of hydrogen-bond acceptors (Lipinski definition) is 0. The summed E-state index contributed by atoms with van der Waals surface area (Å²) in [6.45, 7) is 0. The molecule has 0 radical (unpaired) electrons. The van der Waals surface area contributed by atoms with Crippen molar-refractivity contribution >= 4 is 0 Å². The van der Waals surface area contributed by atoms with E-state index in [2.05, 4.69) is 0 Å². The molecule has 0 N–H and O–H groups in total. The van der Waals surface area contributed by atoms with Crippen molar-refractivity contribution in [1.29, 1.82) is 0 Å². The lowest BCUT2D eigenvalue weighted by Gasteiger charge is -2.52. The molecule has 0 amide bonds. The van der Waals surface area contributed by atoms with Crippen LogP contribution in [0.15, 0.2) is 0 Å². The third-order valence-electron chi connectivity index (χ3n) is 26.1. The highest BCUT2D eigenvalue weighted by molar-refractivity contribution is 5.18. The number of rotatable bonds is 8. The Kier molecular flexibility index (Phi) is 12.3. The van der Waals surface area contributed by atoms with E-state index in [1.165, 1.54) is 11.8 Å². The van der Waals surface area contributed by atoms with Gasteiger partial charge in [0.1, 0.15) is 0 Å². The molecule has 13 rings (SSSR count). The summed E-state index contributed by atoms with van der Waals surface area (Å²) in [7, 11) is 0. The molecule has 0 bridgehead atoms. The zero-order chi connectivity index (χ0) is 40.7. The van der Waals surface area contributed by atoms with Crippen molar-refractivity contribution in [1.82, 2.24) is 0 Å². The average molecular weight is 845 g/mol. The van der Waals surface area contributed by atoms with Gasteiger partial charge in [-0.1, -0.05) is 212 Å². The van der Waals surface area contributed by atoms with Crippen LogP contribution in [0.2, 0.25) is 0 Å². The van der Waals surface area contributed by atoms with Crippen molar-refractivity contribution in [3.8, 4) is 0 Å². The summed E-state index contributed by atoms with van der Waals surface area (Å²) in [4.78, 5) is 0. The number of hydrogen-bond donors (Lipinski definition) is 0. The molecule has 0 spiro atoms. The molecule has 0 heterocycles. The van der Waals surface area contributed by atoms with Gasteiger partial charge in [0.15, 0.2) is 0 Å². The van der Waals surface area contributed by atoms with Gasteiger partial charge in [-0.2, -0.15) is 0 Å². The van der Waals surface area contributed by atoms with Crippen LogP contribution in [0.5, 0.6) is 0 Å². The maximum absolute atomic E-state index is 1.78. The van der Waals surface area contributed by atoms with Crippen LogP contribution < -0.4 is 0 Å². The molecular weight excluding hydrogens is 745 g/mol. The van der Waals surface area contributed by atoms with Crippen molar-refractivity contribution in [3.05, 3.63) is 0 Å². The Hall–Kier alpha value is 0. The Morgan fingerprint density at radius 3 is 0.855 bits per heavy atom. The van der Waals surface area contributed by atoms with Crippen LogP contribution in [0.25, 0.3) is 0 Å². The van der Waals surface area contributed by atoms with Gasteiger partial charge in [0.05, 0.1) is 0 Å². The number of fused-ring (bicyclic) bond motifs is 6. The first-order valence-electron chi connectivity index (χ1n) is 30.8. The van der Waals surface area contributed by atoms with Crippen molar-refractivity contribution in [2.24, 2.45) is 142 Å². The van der Waals surface area contributed by atoms with E-state index in [0.29, 0.717) is 0 Å². The Morgan fingerprint density at radius 1 is 0.226 bits per heavy atom. The minimum absolute atomic E-state index is 1.09. The summed E-state index contributed by atoms with van der Waals surface area (Å²) in [6, 6.07) is 0.